The van der Waals surface area contributed by atoms with Crippen LogP contribution in [0.1, 0.15) is 31.7 Å². The van der Waals surface area contributed by atoms with Gasteiger partial charge in [-0.1, -0.05) is 6.92 Å². The Hall–Kier alpha value is -2.61. The van der Waals surface area contributed by atoms with E-state index in [0.29, 0.717) is 17.1 Å². The number of nitrogens with zero attached hydrogens (tertiary/aromatic N) is 1. The Bertz CT molecular complexity index is 711. The molecule has 0 spiro atoms. The summed E-state index contributed by atoms with van der Waals surface area (Å²) in [5, 5.41) is 14.2. The Kier molecular flexibility index (Phi) is 5.72. The predicted molar refractivity (Wildman–Crippen MR) is 95.3 cm³/mol. The molecule has 1 amide bonds. The van der Waals surface area contributed by atoms with E-state index in [1.165, 1.54) is 37.3 Å². The van der Waals surface area contributed by atoms with Crippen molar-refractivity contribution < 1.29 is 24.1 Å². The molecule has 0 saturated carbocycles. The number of fused-ring (bicyclic) bond motifs is 1. The molecule has 0 aliphatic carbocycles. The summed E-state index contributed by atoms with van der Waals surface area (Å²) in [6, 6.07) is 3.02. The van der Waals surface area contributed by atoms with Crippen LogP contribution in [0.4, 0.5) is 5.69 Å². The quantitative estimate of drug-likeness (QED) is 0.446. The van der Waals surface area contributed by atoms with Gasteiger partial charge in [-0.15, -0.1) is 0 Å². The fourth-order valence-electron chi connectivity index (χ4n) is 3.43. The van der Waals surface area contributed by atoms with Crippen molar-refractivity contribution in [3.8, 4) is 11.5 Å². The monoisotopic (exact) mass is 362 g/mol. The standard InChI is InChI=1S/C18H23N3O5/c1-2-7-20-8-5-14(6-9-20)19-18(22)4-3-13-10-16-17(26-12-25-16)11-15(13)21(23)24/h3-4,10-11,14H,2,5-9,12H2,1H3,(H,19,22)/p+1/b4-3+. The van der Waals surface area contributed by atoms with Gasteiger partial charge in [0.25, 0.3) is 5.69 Å². The van der Waals surface area contributed by atoms with Gasteiger partial charge in [0.15, 0.2) is 11.5 Å². The highest BCUT2D eigenvalue weighted by atomic mass is 16.7. The highest BCUT2D eigenvalue weighted by Crippen LogP contribution is 2.38. The lowest BCUT2D eigenvalue weighted by atomic mass is 10.0. The summed E-state index contributed by atoms with van der Waals surface area (Å²) in [5.74, 6) is 0.558. The molecule has 1 saturated heterocycles. The third-order valence-electron chi connectivity index (χ3n) is 4.78. The van der Waals surface area contributed by atoms with Crippen LogP contribution in [0.2, 0.25) is 0 Å². The molecule has 3 rings (SSSR count). The second-order valence-electron chi connectivity index (χ2n) is 6.64. The largest absolute Gasteiger partial charge is 0.454 e. The topological polar surface area (TPSA) is 95.1 Å². The number of likely N-dealkylation sites (tertiary alicyclic amines) is 1. The van der Waals surface area contributed by atoms with E-state index in [9.17, 15) is 14.9 Å². The van der Waals surface area contributed by atoms with Crippen molar-refractivity contribution in [1.82, 2.24) is 5.32 Å². The molecule has 8 heteroatoms. The minimum atomic E-state index is -0.494. The van der Waals surface area contributed by atoms with Crippen molar-refractivity contribution in [2.75, 3.05) is 26.4 Å². The molecule has 1 aromatic carbocycles. The van der Waals surface area contributed by atoms with Gasteiger partial charge in [0.2, 0.25) is 12.7 Å². The Labute approximate surface area is 151 Å². The van der Waals surface area contributed by atoms with Gasteiger partial charge in [0.1, 0.15) is 0 Å². The number of amides is 1. The van der Waals surface area contributed by atoms with Crippen LogP contribution < -0.4 is 19.7 Å². The first-order valence-corrected chi connectivity index (χ1v) is 8.97. The number of carbonyl (C=O) groups is 1. The summed E-state index contributed by atoms with van der Waals surface area (Å²) in [6.07, 6.45) is 5.88. The predicted octanol–water partition coefficient (Wildman–Crippen LogP) is 0.910. The molecule has 2 aliphatic heterocycles. The number of ether oxygens (including phenoxy) is 2. The van der Waals surface area contributed by atoms with Crippen LogP contribution in [0.15, 0.2) is 18.2 Å². The van der Waals surface area contributed by atoms with E-state index in [-0.39, 0.29) is 24.4 Å². The molecular formula is C18H24N3O5+. The Balaban J connectivity index is 1.61. The first kappa shape index (κ1) is 18.2. The summed E-state index contributed by atoms with van der Waals surface area (Å²) in [7, 11) is 0. The minimum absolute atomic E-state index is 0.0405. The van der Waals surface area contributed by atoms with Crippen molar-refractivity contribution in [2.45, 2.75) is 32.2 Å². The van der Waals surface area contributed by atoms with Crippen molar-refractivity contribution in [2.24, 2.45) is 0 Å². The number of nitro benzene ring substituents is 1. The first-order valence-electron chi connectivity index (χ1n) is 8.97. The van der Waals surface area contributed by atoms with Gasteiger partial charge < -0.3 is 19.7 Å². The number of rotatable bonds is 6. The van der Waals surface area contributed by atoms with E-state index in [4.69, 9.17) is 9.47 Å². The second-order valence-corrected chi connectivity index (χ2v) is 6.64. The van der Waals surface area contributed by atoms with E-state index in [0.717, 1.165) is 25.9 Å². The van der Waals surface area contributed by atoms with Gasteiger partial charge in [-0.2, -0.15) is 0 Å². The van der Waals surface area contributed by atoms with E-state index < -0.39 is 4.92 Å². The van der Waals surface area contributed by atoms with Crippen molar-refractivity contribution in [3.05, 3.63) is 33.9 Å². The summed E-state index contributed by atoms with van der Waals surface area (Å²) in [4.78, 5) is 24.5. The van der Waals surface area contributed by atoms with Crippen LogP contribution in [0.5, 0.6) is 11.5 Å². The van der Waals surface area contributed by atoms with Crippen LogP contribution >= 0.6 is 0 Å². The SMILES string of the molecule is CCC[NH+]1CCC(NC(=O)/C=C/c2cc3c(cc2[N+](=O)[O-])OCO3)CC1. The number of nitro groups is 1. The maximum absolute atomic E-state index is 12.2. The lowest BCUT2D eigenvalue weighted by Gasteiger charge is -2.29. The average Bonchev–Trinajstić information content (AvgIpc) is 3.08. The van der Waals surface area contributed by atoms with Gasteiger partial charge in [0, 0.05) is 25.0 Å². The molecule has 0 aromatic heterocycles. The maximum Gasteiger partial charge on any atom is 0.280 e. The zero-order chi connectivity index (χ0) is 18.5. The van der Waals surface area contributed by atoms with Crippen LogP contribution in [-0.4, -0.2) is 43.3 Å². The molecule has 0 atom stereocenters. The van der Waals surface area contributed by atoms with Gasteiger partial charge in [0.05, 0.1) is 36.2 Å². The fourth-order valence-corrected chi connectivity index (χ4v) is 3.43. The summed E-state index contributed by atoms with van der Waals surface area (Å²) < 4.78 is 10.4. The number of piperidine rings is 1. The molecule has 0 radical (unpaired) electrons. The molecule has 2 heterocycles. The van der Waals surface area contributed by atoms with Crippen molar-refractivity contribution in [3.63, 3.8) is 0 Å². The van der Waals surface area contributed by atoms with Crippen LogP contribution in [0, 0.1) is 10.1 Å². The normalized spacial score (nSPS) is 21.7. The summed E-state index contributed by atoms with van der Waals surface area (Å²) in [5.41, 5.74) is 0.200. The van der Waals surface area contributed by atoms with E-state index in [1.807, 2.05) is 0 Å². The molecule has 1 fully saturated rings. The lowest BCUT2D eigenvalue weighted by Crippen LogP contribution is -3.13. The third-order valence-corrected chi connectivity index (χ3v) is 4.78. The molecule has 2 N–H and O–H groups in total. The van der Waals surface area contributed by atoms with Crippen molar-refractivity contribution >= 4 is 17.7 Å². The Morgan fingerprint density at radius 2 is 2.04 bits per heavy atom. The highest BCUT2D eigenvalue weighted by Gasteiger charge is 2.23. The molecule has 8 nitrogen and oxygen atoms in total. The van der Waals surface area contributed by atoms with Gasteiger partial charge in [-0.25, -0.2) is 0 Å². The van der Waals surface area contributed by atoms with Gasteiger partial charge in [-0.3, -0.25) is 14.9 Å². The molecule has 2 aliphatic rings. The summed E-state index contributed by atoms with van der Waals surface area (Å²) >= 11 is 0. The van der Waals surface area contributed by atoms with E-state index >= 15 is 0 Å². The molecular weight excluding hydrogens is 338 g/mol. The number of nitrogens with one attached hydrogen (secondary N) is 2. The summed E-state index contributed by atoms with van der Waals surface area (Å²) in [6.45, 7) is 5.53. The number of hydrogen-bond acceptors (Lipinski definition) is 5. The minimum Gasteiger partial charge on any atom is -0.454 e. The average molecular weight is 362 g/mol. The van der Waals surface area contributed by atoms with E-state index in [2.05, 4.69) is 12.2 Å². The molecule has 26 heavy (non-hydrogen) atoms. The Morgan fingerprint density at radius 3 is 2.69 bits per heavy atom. The smallest absolute Gasteiger partial charge is 0.280 e. The lowest BCUT2D eigenvalue weighted by molar-refractivity contribution is -0.905. The van der Waals surface area contributed by atoms with Crippen molar-refractivity contribution in [1.29, 1.82) is 0 Å². The van der Waals surface area contributed by atoms with Crippen LogP contribution in [0.3, 0.4) is 0 Å². The number of carbonyl (C=O) groups excluding carboxylic acids is 1. The van der Waals surface area contributed by atoms with Gasteiger partial charge >= 0.3 is 0 Å². The molecule has 140 valence electrons. The third kappa shape index (κ3) is 4.32. The number of quaternary nitrogens is 1. The molecule has 0 bridgehead atoms. The molecule has 0 unspecified atom stereocenters. The van der Waals surface area contributed by atoms with Crippen LogP contribution in [0.25, 0.3) is 6.08 Å². The fraction of sp³-hybridized carbons (Fsp3) is 0.500. The van der Waals surface area contributed by atoms with Crippen LogP contribution in [-0.2, 0) is 4.79 Å². The number of hydrogen-bond donors (Lipinski definition) is 2. The first-order chi connectivity index (χ1) is 12.6. The highest BCUT2D eigenvalue weighted by molar-refractivity contribution is 5.92. The second kappa shape index (κ2) is 8.18. The number of benzene rings is 1. The molecule has 1 aromatic rings. The Morgan fingerprint density at radius 1 is 1.35 bits per heavy atom. The zero-order valence-corrected chi connectivity index (χ0v) is 14.8. The maximum atomic E-state index is 12.2. The van der Waals surface area contributed by atoms with Gasteiger partial charge in [-0.05, 0) is 18.6 Å². The zero-order valence-electron chi connectivity index (χ0n) is 14.8. The van der Waals surface area contributed by atoms with E-state index in [1.54, 1.807) is 4.90 Å².